The van der Waals surface area contributed by atoms with Crippen molar-refractivity contribution in [2.24, 2.45) is 0 Å². The van der Waals surface area contributed by atoms with Gasteiger partial charge in [0.2, 0.25) is 10.0 Å². The summed E-state index contributed by atoms with van der Waals surface area (Å²) in [5, 5.41) is 7.10. The van der Waals surface area contributed by atoms with Crippen LogP contribution in [0.25, 0.3) is 0 Å². The highest BCUT2D eigenvalue weighted by Crippen LogP contribution is 2.22. The number of benzene rings is 1. The van der Waals surface area contributed by atoms with Crippen molar-refractivity contribution in [3.63, 3.8) is 0 Å². The standard InChI is InChI=1S/C9H9F2N3O2S/c1-5(4-12)17(15,16)14-9-3-8(13)6(10)2-7(9)11/h2-3,5,14H,13H2,1H3. The zero-order valence-corrected chi connectivity index (χ0v) is 9.55. The normalized spacial score (nSPS) is 12.8. The molecule has 0 aliphatic carbocycles. The summed E-state index contributed by atoms with van der Waals surface area (Å²) in [4.78, 5) is 0. The quantitative estimate of drug-likeness (QED) is 0.799. The molecule has 0 amide bonds. The maximum Gasteiger partial charge on any atom is 0.248 e. The van der Waals surface area contributed by atoms with Gasteiger partial charge in [-0.05, 0) is 13.0 Å². The summed E-state index contributed by atoms with van der Waals surface area (Å²) in [6, 6.07) is 2.77. The number of hydrogen-bond donors (Lipinski definition) is 2. The van der Waals surface area contributed by atoms with E-state index in [1.165, 1.54) is 6.07 Å². The molecular formula is C9H9F2N3O2S. The molecular weight excluding hydrogens is 252 g/mol. The van der Waals surface area contributed by atoms with E-state index in [4.69, 9.17) is 11.0 Å². The molecule has 0 aliphatic rings. The van der Waals surface area contributed by atoms with E-state index in [2.05, 4.69) is 0 Å². The van der Waals surface area contributed by atoms with Gasteiger partial charge >= 0.3 is 0 Å². The number of hydrogen-bond acceptors (Lipinski definition) is 4. The fourth-order valence-corrected chi connectivity index (χ4v) is 1.73. The average Bonchev–Trinajstić information content (AvgIpc) is 2.24. The second-order valence-corrected chi connectivity index (χ2v) is 5.27. The Morgan fingerprint density at radius 2 is 2.00 bits per heavy atom. The summed E-state index contributed by atoms with van der Waals surface area (Å²) in [5.41, 5.74) is 4.29. The van der Waals surface area contributed by atoms with Crippen LogP contribution in [0.2, 0.25) is 0 Å². The highest BCUT2D eigenvalue weighted by molar-refractivity contribution is 7.93. The number of nitrogens with zero attached hydrogens (tertiary/aromatic N) is 1. The summed E-state index contributed by atoms with van der Waals surface area (Å²) >= 11 is 0. The molecule has 1 aromatic rings. The van der Waals surface area contributed by atoms with Crippen LogP contribution in [-0.4, -0.2) is 13.7 Å². The van der Waals surface area contributed by atoms with E-state index in [1.54, 1.807) is 0 Å². The van der Waals surface area contributed by atoms with E-state index in [-0.39, 0.29) is 0 Å². The zero-order chi connectivity index (χ0) is 13.2. The number of nitrogen functional groups attached to an aromatic ring is 1. The minimum Gasteiger partial charge on any atom is -0.396 e. The third kappa shape index (κ3) is 2.82. The maximum absolute atomic E-state index is 13.2. The van der Waals surface area contributed by atoms with Gasteiger partial charge in [0.05, 0.1) is 17.4 Å². The molecule has 17 heavy (non-hydrogen) atoms. The van der Waals surface area contributed by atoms with Crippen molar-refractivity contribution in [1.82, 2.24) is 0 Å². The van der Waals surface area contributed by atoms with E-state index in [9.17, 15) is 17.2 Å². The van der Waals surface area contributed by atoms with E-state index >= 15 is 0 Å². The largest absolute Gasteiger partial charge is 0.396 e. The number of nitriles is 1. The molecule has 0 radical (unpaired) electrons. The number of nitrogens with one attached hydrogen (secondary N) is 1. The van der Waals surface area contributed by atoms with Crippen LogP contribution in [0.1, 0.15) is 6.92 Å². The number of sulfonamides is 1. The van der Waals surface area contributed by atoms with Crippen LogP contribution >= 0.6 is 0 Å². The van der Waals surface area contributed by atoms with Gasteiger partial charge in [0.25, 0.3) is 0 Å². The van der Waals surface area contributed by atoms with Gasteiger partial charge in [0.15, 0.2) is 5.25 Å². The van der Waals surface area contributed by atoms with Crippen LogP contribution in [0, 0.1) is 23.0 Å². The molecule has 0 aliphatic heterocycles. The Hall–Kier alpha value is -1.88. The second kappa shape index (κ2) is 4.55. The molecule has 0 spiro atoms. The topological polar surface area (TPSA) is 96.0 Å². The van der Waals surface area contributed by atoms with Crippen molar-refractivity contribution in [3.8, 4) is 6.07 Å². The SMILES string of the molecule is CC(C#N)S(=O)(=O)Nc1cc(N)c(F)cc1F. The molecule has 0 saturated carbocycles. The third-order valence-corrected chi connectivity index (χ3v) is 3.53. The zero-order valence-electron chi connectivity index (χ0n) is 8.74. The first-order valence-corrected chi connectivity index (χ1v) is 5.98. The lowest BCUT2D eigenvalue weighted by Crippen LogP contribution is -2.24. The maximum atomic E-state index is 13.2. The van der Waals surface area contributed by atoms with Crippen LogP contribution in [0.3, 0.4) is 0 Å². The number of anilines is 2. The Balaban J connectivity index is 3.14. The Morgan fingerprint density at radius 1 is 1.41 bits per heavy atom. The van der Waals surface area contributed by atoms with E-state index in [0.717, 1.165) is 13.0 Å². The molecule has 5 nitrogen and oxygen atoms in total. The molecule has 0 bridgehead atoms. The number of nitrogens with two attached hydrogens (primary N) is 1. The summed E-state index contributed by atoms with van der Waals surface area (Å²) in [6.45, 7) is 1.13. The minimum absolute atomic E-state index is 0.395. The smallest absolute Gasteiger partial charge is 0.248 e. The van der Waals surface area contributed by atoms with Gasteiger partial charge in [0.1, 0.15) is 11.6 Å². The predicted octanol–water partition coefficient (Wildman–Crippen LogP) is 1.20. The first kappa shape index (κ1) is 13.2. The Bertz CT molecular complexity index is 581. The van der Waals surface area contributed by atoms with E-state index < -0.39 is 38.3 Å². The number of rotatable bonds is 3. The molecule has 1 rings (SSSR count). The van der Waals surface area contributed by atoms with Crippen molar-refractivity contribution in [2.45, 2.75) is 12.2 Å². The Morgan fingerprint density at radius 3 is 2.53 bits per heavy atom. The van der Waals surface area contributed by atoms with Gasteiger partial charge in [-0.1, -0.05) is 0 Å². The highest BCUT2D eigenvalue weighted by atomic mass is 32.2. The average molecular weight is 261 g/mol. The molecule has 92 valence electrons. The molecule has 0 heterocycles. The molecule has 0 aromatic heterocycles. The van der Waals surface area contributed by atoms with E-state index in [1.807, 2.05) is 4.72 Å². The Labute approximate surface area is 96.9 Å². The number of halogens is 2. The first-order valence-electron chi connectivity index (χ1n) is 4.43. The summed E-state index contributed by atoms with van der Waals surface area (Å²) in [7, 11) is -4.04. The Kier molecular flexibility index (Phi) is 3.53. The summed E-state index contributed by atoms with van der Waals surface area (Å²) in [5.74, 6) is -2.09. The molecule has 1 atom stereocenters. The molecule has 8 heteroatoms. The van der Waals surface area contributed by atoms with Gasteiger partial charge in [-0.15, -0.1) is 0 Å². The first-order chi connectivity index (χ1) is 7.77. The van der Waals surface area contributed by atoms with Crippen molar-refractivity contribution < 1.29 is 17.2 Å². The van der Waals surface area contributed by atoms with Crippen molar-refractivity contribution >= 4 is 21.4 Å². The van der Waals surface area contributed by atoms with Gasteiger partial charge in [-0.3, -0.25) is 4.72 Å². The van der Waals surface area contributed by atoms with Gasteiger partial charge < -0.3 is 5.73 Å². The van der Waals surface area contributed by atoms with Crippen molar-refractivity contribution in [1.29, 1.82) is 5.26 Å². The van der Waals surface area contributed by atoms with Crippen LogP contribution in [0.15, 0.2) is 12.1 Å². The lowest BCUT2D eigenvalue weighted by molar-refractivity contribution is 0.584. The monoisotopic (exact) mass is 261 g/mol. The molecule has 0 saturated heterocycles. The summed E-state index contributed by atoms with van der Waals surface area (Å²) < 4.78 is 50.8. The third-order valence-electron chi connectivity index (χ3n) is 1.99. The molecule has 1 aromatic carbocycles. The van der Waals surface area contributed by atoms with Gasteiger partial charge in [-0.2, -0.15) is 5.26 Å². The van der Waals surface area contributed by atoms with Crippen LogP contribution < -0.4 is 10.5 Å². The molecule has 1 unspecified atom stereocenters. The summed E-state index contributed by atoms with van der Waals surface area (Å²) in [6.07, 6.45) is 0. The van der Waals surface area contributed by atoms with Gasteiger partial charge in [0, 0.05) is 6.07 Å². The van der Waals surface area contributed by atoms with Crippen molar-refractivity contribution in [2.75, 3.05) is 10.5 Å². The second-order valence-electron chi connectivity index (χ2n) is 3.27. The van der Waals surface area contributed by atoms with Gasteiger partial charge in [-0.25, -0.2) is 17.2 Å². The fraction of sp³-hybridized carbons (Fsp3) is 0.222. The lowest BCUT2D eigenvalue weighted by atomic mass is 10.2. The lowest BCUT2D eigenvalue weighted by Gasteiger charge is -2.10. The molecule has 3 N–H and O–H groups in total. The predicted molar refractivity (Wildman–Crippen MR) is 58.4 cm³/mol. The van der Waals surface area contributed by atoms with Crippen LogP contribution in [0.4, 0.5) is 20.2 Å². The van der Waals surface area contributed by atoms with Crippen molar-refractivity contribution in [3.05, 3.63) is 23.8 Å². The fourth-order valence-electron chi connectivity index (χ4n) is 0.955. The highest BCUT2D eigenvalue weighted by Gasteiger charge is 2.22. The van der Waals surface area contributed by atoms with Crippen LogP contribution in [0.5, 0.6) is 0 Å². The molecule has 0 fully saturated rings. The minimum atomic E-state index is -4.04. The van der Waals surface area contributed by atoms with E-state index in [0.29, 0.717) is 6.07 Å². The van der Waals surface area contributed by atoms with Crippen LogP contribution in [-0.2, 0) is 10.0 Å².